The highest BCUT2D eigenvalue weighted by molar-refractivity contribution is 6.31. The van der Waals surface area contributed by atoms with Crippen molar-refractivity contribution in [1.82, 2.24) is 15.0 Å². The van der Waals surface area contributed by atoms with E-state index < -0.39 is 12.7 Å². The molecule has 15 heavy (non-hydrogen) atoms. The summed E-state index contributed by atoms with van der Waals surface area (Å²) in [5.74, 6) is -0.225. The summed E-state index contributed by atoms with van der Waals surface area (Å²) in [6, 6.07) is 0. The lowest BCUT2D eigenvalue weighted by molar-refractivity contribution is -0.119. The summed E-state index contributed by atoms with van der Waals surface area (Å²) in [6.07, 6.45) is -4.35. The van der Waals surface area contributed by atoms with Crippen LogP contribution in [0.15, 0.2) is 0 Å². The van der Waals surface area contributed by atoms with Crippen LogP contribution in [0.3, 0.4) is 0 Å². The monoisotopic (exact) mass is 260 g/mol. The van der Waals surface area contributed by atoms with E-state index in [4.69, 9.17) is 23.2 Å². The highest BCUT2D eigenvalue weighted by Gasteiger charge is 2.30. The molecule has 1 aromatic heterocycles. The summed E-state index contributed by atoms with van der Waals surface area (Å²) in [6.45, 7) is -1.19. The minimum Gasteiger partial charge on any atom is -0.335 e. The first-order valence-electron chi connectivity index (χ1n) is 3.63. The van der Waals surface area contributed by atoms with Crippen molar-refractivity contribution in [2.75, 3.05) is 18.5 Å². The Bertz CT molecular complexity index is 336. The molecule has 0 radical (unpaired) electrons. The van der Waals surface area contributed by atoms with Crippen molar-refractivity contribution >= 4 is 29.2 Å². The van der Waals surface area contributed by atoms with Crippen molar-refractivity contribution in [1.29, 1.82) is 0 Å². The number of hydrogen-bond donors (Lipinski definition) is 0. The molecule has 0 bridgehead atoms. The molecule has 1 heterocycles. The predicted octanol–water partition coefficient (Wildman–Crippen LogP) is 2.18. The average Bonchev–Trinajstić information content (AvgIpc) is 1.98. The molecular formula is C6H5Cl2F3N4. The lowest BCUT2D eigenvalue weighted by Gasteiger charge is -2.18. The van der Waals surface area contributed by atoms with Gasteiger partial charge in [-0.05, 0) is 23.2 Å². The zero-order chi connectivity index (χ0) is 11.6. The molecule has 4 nitrogen and oxygen atoms in total. The van der Waals surface area contributed by atoms with Gasteiger partial charge in [0.25, 0.3) is 0 Å². The van der Waals surface area contributed by atoms with Crippen LogP contribution in [0.2, 0.25) is 10.6 Å². The standard InChI is InChI=1S/C6H5Cl2F3N4/c1-15(2-6(9,10)11)5-13-3(7)12-4(8)14-5/h2H2,1H3. The smallest absolute Gasteiger partial charge is 0.335 e. The molecule has 0 atom stereocenters. The fourth-order valence-corrected chi connectivity index (χ4v) is 1.18. The minimum absolute atomic E-state index is 0.225. The van der Waals surface area contributed by atoms with Crippen molar-refractivity contribution in [3.05, 3.63) is 10.6 Å². The molecule has 0 spiro atoms. The van der Waals surface area contributed by atoms with Gasteiger partial charge < -0.3 is 4.90 Å². The summed E-state index contributed by atoms with van der Waals surface area (Å²) >= 11 is 10.8. The van der Waals surface area contributed by atoms with Crippen molar-refractivity contribution in [3.63, 3.8) is 0 Å². The molecular weight excluding hydrogens is 256 g/mol. The van der Waals surface area contributed by atoms with Crippen LogP contribution in [0.25, 0.3) is 0 Å². The molecule has 0 aliphatic heterocycles. The summed E-state index contributed by atoms with van der Waals surface area (Å²) in [4.78, 5) is 11.2. The molecule has 0 amide bonds. The average molecular weight is 261 g/mol. The molecule has 0 aliphatic carbocycles. The molecule has 0 saturated carbocycles. The second-order valence-corrected chi connectivity index (χ2v) is 3.32. The fourth-order valence-electron chi connectivity index (χ4n) is 0.827. The van der Waals surface area contributed by atoms with Gasteiger partial charge in [0.15, 0.2) is 0 Å². The van der Waals surface area contributed by atoms with Crippen LogP contribution < -0.4 is 4.90 Å². The Hall–Kier alpha value is -0.820. The largest absolute Gasteiger partial charge is 0.406 e. The van der Waals surface area contributed by atoms with E-state index in [1.807, 2.05) is 0 Å². The Morgan fingerprint density at radius 2 is 1.60 bits per heavy atom. The Morgan fingerprint density at radius 3 is 2.00 bits per heavy atom. The molecule has 9 heteroatoms. The van der Waals surface area contributed by atoms with E-state index in [1.165, 1.54) is 7.05 Å². The summed E-state index contributed by atoms with van der Waals surface area (Å²) < 4.78 is 36.0. The van der Waals surface area contributed by atoms with Crippen molar-refractivity contribution in [3.8, 4) is 0 Å². The molecule has 0 unspecified atom stereocenters. The zero-order valence-electron chi connectivity index (χ0n) is 7.39. The van der Waals surface area contributed by atoms with E-state index in [0.29, 0.717) is 0 Å². The van der Waals surface area contributed by atoms with Gasteiger partial charge >= 0.3 is 6.18 Å². The van der Waals surface area contributed by atoms with E-state index in [-0.39, 0.29) is 16.5 Å². The van der Waals surface area contributed by atoms with Crippen LogP contribution in [0.5, 0.6) is 0 Å². The molecule has 0 aromatic carbocycles. The lowest BCUT2D eigenvalue weighted by atomic mass is 10.5. The first kappa shape index (κ1) is 12.3. The number of hydrogen-bond acceptors (Lipinski definition) is 4. The highest BCUT2D eigenvalue weighted by atomic mass is 35.5. The van der Waals surface area contributed by atoms with Gasteiger partial charge in [-0.15, -0.1) is 0 Å². The highest BCUT2D eigenvalue weighted by Crippen LogP contribution is 2.19. The first-order valence-corrected chi connectivity index (χ1v) is 4.38. The molecule has 1 aromatic rings. The van der Waals surface area contributed by atoms with Crippen LogP contribution in [-0.2, 0) is 0 Å². The molecule has 0 saturated heterocycles. The summed E-state index contributed by atoms with van der Waals surface area (Å²) in [5.41, 5.74) is 0. The van der Waals surface area contributed by atoms with Crippen LogP contribution in [-0.4, -0.2) is 34.7 Å². The van der Waals surface area contributed by atoms with Gasteiger partial charge in [0, 0.05) is 7.05 Å². The molecule has 0 aliphatic rings. The quantitative estimate of drug-likeness (QED) is 0.818. The van der Waals surface area contributed by atoms with Gasteiger partial charge in [0.05, 0.1) is 0 Å². The van der Waals surface area contributed by atoms with Gasteiger partial charge in [-0.1, -0.05) is 0 Å². The van der Waals surface area contributed by atoms with E-state index in [2.05, 4.69) is 15.0 Å². The lowest BCUT2D eigenvalue weighted by Crippen LogP contribution is -2.32. The maximum atomic E-state index is 12.0. The third-order valence-electron chi connectivity index (χ3n) is 1.33. The van der Waals surface area contributed by atoms with Gasteiger partial charge in [-0.3, -0.25) is 0 Å². The topological polar surface area (TPSA) is 41.9 Å². The van der Waals surface area contributed by atoms with Crippen LogP contribution in [0.1, 0.15) is 0 Å². The molecule has 84 valence electrons. The summed E-state index contributed by atoms with van der Waals surface area (Å²) in [5, 5.41) is -0.502. The second kappa shape index (κ2) is 4.36. The van der Waals surface area contributed by atoms with Gasteiger partial charge in [-0.2, -0.15) is 28.1 Å². The van der Waals surface area contributed by atoms with Crippen molar-refractivity contribution in [2.45, 2.75) is 6.18 Å². The maximum Gasteiger partial charge on any atom is 0.406 e. The third-order valence-corrected chi connectivity index (χ3v) is 1.66. The van der Waals surface area contributed by atoms with Gasteiger partial charge in [0.2, 0.25) is 16.5 Å². The fraction of sp³-hybridized carbons (Fsp3) is 0.500. The van der Waals surface area contributed by atoms with E-state index in [0.717, 1.165) is 4.90 Å². The zero-order valence-corrected chi connectivity index (χ0v) is 8.90. The maximum absolute atomic E-state index is 12.0. The first-order chi connectivity index (χ1) is 6.78. The molecule has 0 N–H and O–H groups in total. The van der Waals surface area contributed by atoms with Crippen LogP contribution >= 0.6 is 23.2 Å². The van der Waals surface area contributed by atoms with Gasteiger partial charge in [0.1, 0.15) is 6.54 Å². The number of aromatic nitrogens is 3. The molecule has 1 rings (SSSR count). The number of halogens is 5. The van der Waals surface area contributed by atoms with Crippen LogP contribution in [0, 0.1) is 0 Å². The number of nitrogens with zero attached hydrogens (tertiary/aromatic N) is 4. The SMILES string of the molecule is CN(CC(F)(F)F)c1nc(Cl)nc(Cl)n1. The van der Waals surface area contributed by atoms with Crippen molar-refractivity contribution < 1.29 is 13.2 Å². The van der Waals surface area contributed by atoms with Gasteiger partial charge in [-0.25, -0.2) is 0 Å². The van der Waals surface area contributed by atoms with E-state index >= 15 is 0 Å². The van der Waals surface area contributed by atoms with Crippen molar-refractivity contribution in [2.24, 2.45) is 0 Å². The van der Waals surface area contributed by atoms with E-state index in [9.17, 15) is 13.2 Å². The number of rotatable bonds is 2. The molecule has 0 fully saturated rings. The Morgan fingerprint density at radius 1 is 1.13 bits per heavy atom. The Labute approximate surface area is 93.0 Å². The minimum atomic E-state index is -4.35. The van der Waals surface area contributed by atoms with Crippen LogP contribution in [0.4, 0.5) is 19.1 Å². The Kier molecular flexibility index (Phi) is 3.56. The number of alkyl halides is 3. The van der Waals surface area contributed by atoms with E-state index in [1.54, 1.807) is 0 Å². The third kappa shape index (κ3) is 4.05. The predicted molar refractivity (Wildman–Crippen MR) is 49.2 cm³/mol. The number of anilines is 1. The normalized spacial score (nSPS) is 11.6. The summed E-state index contributed by atoms with van der Waals surface area (Å²) in [7, 11) is 1.18. The Balaban J connectivity index is 2.86. The second-order valence-electron chi connectivity index (χ2n) is 2.64.